The van der Waals surface area contributed by atoms with Crippen LogP contribution in [0.5, 0.6) is 0 Å². The molecule has 0 aliphatic heterocycles. The van der Waals surface area contributed by atoms with Crippen LogP contribution in [0.2, 0.25) is 13.1 Å². The molecule has 2 N–H and O–H groups in total. The van der Waals surface area contributed by atoms with Crippen LogP contribution < -0.4 is 10.7 Å². The SMILES string of the molecule is CC(C)(C)OC(=O)N[C@H](Cc1ccccc1)[C@@H](CNN(CC1CCCCC1)C(=O)OC(C)(C)C)O[Si](C)(C)OC(C)(C)C. The van der Waals surface area contributed by atoms with Crippen LogP contribution in [0.3, 0.4) is 0 Å². The van der Waals surface area contributed by atoms with Gasteiger partial charge in [-0.15, -0.1) is 0 Å². The van der Waals surface area contributed by atoms with Crippen LogP contribution >= 0.6 is 0 Å². The Bertz CT molecular complexity index is 995. The van der Waals surface area contributed by atoms with Crippen molar-refractivity contribution in [3.05, 3.63) is 35.9 Å². The highest BCUT2D eigenvalue weighted by Gasteiger charge is 2.38. The van der Waals surface area contributed by atoms with Crippen LogP contribution in [0.15, 0.2) is 30.3 Å². The van der Waals surface area contributed by atoms with E-state index in [4.69, 9.17) is 18.3 Å². The average Bonchev–Trinajstić information content (AvgIpc) is 2.82. The van der Waals surface area contributed by atoms with Crippen molar-refractivity contribution in [2.45, 2.75) is 143 Å². The van der Waals surface area contributed by atoms with Crippen molar-refractivity contribution in [1.29, 1.82) is 0 Å². The minimum absolute atomic E-state index is 0.253. The Morgan fingerprint density at radius 1 is 0.884 bits per heavy atom. The van der Waals surface area contributed by atoms with E-state index >= 15 is 0 Å². The van der Waals surface area contributed by atoms with Crippen LogP contribution in [0.25, 0.3) is 0 Å². The largest absolute Gasteiger partial charge is 0.444 e. The second kappa shape index (κ2) is 15.7. The van der Waals surface area contributed by atoms with Gasteiger partial charge in [-0.25, -0.2) is 20.0 Å². The normalized spacial score (nSPS) is 16.7. The zero-order valence-electron chi connectivity index (χ0n) is 28.7. The van der Waals surface area contributed by atoms with E-state index in [1.165, 1.54) is 19.3 Å². The summed E-state index contributed by atoms with van der Waals surface area (Å²) in [5, 5.41) is 4.69. The molecule has 43 heavy (non-hydrogen) atoms. The molecule has 2 amide bonds. The Morgan fingerprint density at radius 3 is 2.00 bits per heavy atom. The molecule has 2 atom stereocenters. The van der Waals surface area contributed by atoms with Crippen LogP contribution in [0.4, 0.5) is 9.59 Å². The van der Waals surface area contributed by atoms with E-state index in [0.717, 1.165) is 18.4 Å². The number of amides is 2. The minimum atomic E-state index is -2.73. The number of alkyl carbamates (subject to hydrolysis) is 1. The van der Waals surface area contributed by atoms with E-state index in [1.54, 1.807) is 5.01 Å². The quantitative estimate of drug-likeness (QED) is 0.186. The first-order chi connectivity index (χ1) is 19.7. The monoisotopic (exact) mass is 621 g/mol. The van der Waals surface area contributed by atoms with Gasteiger partial charge in [0.1, 0.15) is 11.2 Å². The van der Waals surface area contributed by atoms with Gasteiger partial charge in [0.25, 0.3) is 0 Å². The summed E-state index contributed by atoms with van der Waals surface area (Å²) >= 11 is 0. The van der Waals surface area contributed by atoms with Crippen LogP contribution in [0, 0.1) is 5.92 Å². The number of ether oxygens (including phenoxy) is 2. The molecular weight excluding hydrogens is 562 g/mol. The van der Waals surface area contributed by atoms with Crippen LogP contribution in [-0.4, -0.2) is 67.8 Å². The first-order valence-corrected chi connectivity index (χ1v) is 18.7. The first-order valence-electron chi connectivity index (χ1n) is 15.9. The molecule has 9 nitrogen and oxygen atoms in total. The van der Waals surface area contributed by atoms with Gasteiger partial charge in [-0.2, -0.15) is 0 Å². The maximum atomic E-state index is 13.4. The van der Waals surface area contributed by atoms with Gasteiger partial charge in [-0.1, -0.05) is 49.6 Å². The fraction of sp³-hybridized carbons (Fsp3) is 0.758. The Morgan fingerprint density at radius 2 is 1.47 bits per heavy atom. The lowest BCUT2D eigenvalue weighted by Crippen LogP contribution is -2.58. The van der Waals surface area contributed by atoms with E-state index in [1.807, 2.05) is 106 Å². The van der Waals surface area contributed by atoms with Crippen molar-refractivity contribution >= 4 is 20.7 Å². The zero-order valence-corrected chi connectivity index (χ0v) is 29.7. The van der Waals surface area contributed by atoms with Crippen LogP contribution in [0.1, 0.15) is 100.0 Å². The lowest BCUT2D eigenvalue weighted by Gasteiger charge is -2.39. The number of hydrogen-bond acceptors (Lipinski definition) is 7. The number of carbonyl (C=O) groups excluding carboxylic acids is 2. The third kappa shape index (κ3) is 15.9. The number of nitrogens with zero attached hydrogens (tertiary/aromatic N) is 1. The highest BCUT2D eigenvalue weighted by atomic mass is 28.4. The summed E-state index contributed by atoms with van der Waals surface area (Å²) in [6.45, 7) is 22.0. The van der Waals surface area contributed by atoms with Gasteiger partial charge in [0.15, 0.2) is 0 Å². The summed E-state index contributed by atoms with van der Waals surface area (Å²) in [6, 6.07) is 9.49. The molecule has 0 radical (unpaired) electrons. The molecule has 1 saturated carbocycles. The third-order valence-electron chi connectivity index (χ3n) is 6.70. The fourth-order valence-corrected chi connectivity index (χ4v) is 7.84. The van der Waals surface area contributed by atoms with Gasteiger partial charge in [-0.05, 0) is 106 Å². The number of nitrogens with one attached hydrogen (secondary N) is 2. The van der Waals surface area contributed by atoms with E-state index in [2.05, 4.69) is 10.7 Å². The van der Waals surface area contributed by atoms with Crippen molar-refractivity contribution in [2.24, 2.45) is 5.92 Å². The summed E-state index contributed by atoms with van der Waals surface area (Å²) in [7, 11) is -2.73. The lowest BCUT2D eigenvalue weighted by atomic mass is 9.89. The van der Waals surface area contributed by atoms with Crippen molar-refractivity contribution in [3.63, 3.8) is 0 Å². The summed E-state index contributed by atoms with van der Waals surface area (Å²) in [4.78, 5) is 26.5. The standard InChI is InChI=1S/C33H59N3O6Si/c1-31(2,3)39-29(37)35-27(22-25-18-14-12-15-19-25)28(41-43(10,11)42-33(7,8)9)23-34-36(30(38)40-32(4,5)6)24-26-20-16-13-17-21-26/h12,14-15,18-19,26-28,34H,13,16-17,20-24H2,1-11H3,(H,35,37)/t27-,28-/m1/s1. The minimum Gasteiger partial charge on any atom is -0.444 e. The molecule has 0 bridgehead atoms. The second-order valence-electron chi connectivity index (χ2n) is 15.2. The number of rotatable bonds is 12. The van der Waals surface area contributed by atoms with Gasteiger partial charge in [0.2, 0.25) is 0 Å². The third-order valence-corrected chi connectivity index (χ3v) is 8.67. The molecule has 1 aliphatic rings. The fourth-order valence-electron chi connectivity index (χ4n) is 5.34. The molecule has 0 saturated heterocycles. The van der Waals surface area contributed by atoms with E-state index in [-0.39, 0.29) is 6.54 Å². The van der Waals surface area contributed by atoms with E-state index < -0.39 is 49.7 Å². The maximum Gasteiger partial charge on any atom is 0.424 e. The molecule has 1 fully saturated rings. The van der Waals surface area contributed by atoms with Crippen molar-refractivity contribution in [1.82, 2.24) is 15.8 Å². The molecule has 0 unspecified atom stereocenters. The number of hydrazine groups is 1. The molecule has 10 heteroatoms. The van der Waals surface area contributed by atoms with Crippen molar-refractivity contribution < 1.29 is 27.9 Å². The number of hydrogen-bond donors (Lipinski definition) is 2. The Labute approximate surface area is 262 Å². The van der Waals surface area contributed by atoms with Gasteiger partial charge in [0, 0.05) is 13.1 Å². The molecule has 1 aromatic carbocycles. The van der Waals surface area contributed by atoms with Gasteiger partial charge in [0.05, 0.1) is 17.7 Å². The number of benzene rings is 1. The van der Waals surface area contributed by atoms with Gasteiger partial charge >= 0.3 is 20.7 Å². The molecule has 1 aromatic rings. The molecular formula is C33H59N3O6Si. The van der Waals surface area contributed by atoms with Crippen molar-refractivity contribution in [2.75, 3.05) is 13.1 Å². The predicted molar refractivity (Wildman–Crippen MR) is 174 cm³/mol. The molecule has 0 spiro atoms. The second-order valence-corrected chi connectivity index (χ2v) is 18.4. The van der Waals surface area contributed by atoms with E-state index in [9.17, 15) is 9.59 Å². The zero-order chi connectivity index (χ0) is 32.5. The topological polar surface area (TPSA) is 98.4 Å². The molecule has 246 valence electrons. The van der Waals surface area contributed by atoms with E-state index in [0.29, 0.717) is 18.9 Å². The predicted octanol–water partition coefficient (Wildman–Crippen LogP) is 7.35. The summed E-state index contributed by atoms with van der Waals surface area (Å²) < 4.78 is 24.7. The lowest BCUT2D eigenvalue weighted by molar-refractivity contribution is -0.00398. The highest BCUT2D eigenvalue weighted by Crippen LogP contribution is 2.25. The van der Waals surface area contributed by atoms with Gasteiger partial charge < -0.3 is 23.6 Å². The smallest absolute Gasteiger partial charge is 0.424 e. The summed E-state index contributed by atoms with van der Waals surface area (Å²) in [6.07, 6.45) is 4.74. The highest BCUT2D eigenvalue weighted by molar-refractivity contribution is 6.64. The average molecular weight is 622 g/mol. The Balaban J connectivity index is 2.41. The summed E-state index contributed by atoms with van der Waals surface area (Å²) in [5.41, 5.74) is 2.70. The summed E-state index contributed by atoms with van der Waals surface area (Å²) in [5.74, 6) is 0.392. The molecule has 1 aliphatic carbocycles. The maximum absolute atomic E-state index is 13.4. The first kappa shape index (κ1) is 37.0. The van der Waals surface area contributed by atoms with Crippen LogP contribution in [-0.2, 0) is 24.7 Å². The molecule has 0 aromatic heterocycles. The molecule has 0 heterocycles. The number of carbonyl (C=O) groups is 2. The Hall–Kier alpha value is -2.14. The van der Waals surface area contributed by atoms with Crippen molar-refractivity contribution in [3.8, 4) is 0 Å². The molecule has 2 rings (SSSR count). The van der Waals surface area contributed by atoms with Gasteiger partial charge in [-0.3, -0.25) is 0 Å². The Kier molecular flexibility index (Phi) is 13.5.